The van der Waals surface area contributed by atoms with Crippen LogP contribution in [0.1, 0.15) is 114 Å². The minimum absolute atomic E-state index is 0.308. The molecule has 1 saturated carbocycles. The van der Waals surface area contributed by atoms with Crippen molar-refractivity contribution < 1.29 is 26.0 Å². The van der Waals surface area contributed by atoms with Crippen molar-refractivity contribution in [2.24, 2.45) is 4.99 Å². The van der Waals surface area contributed by atoms with Crippen LogP contribution in [0.25, 0.3) is 11.1 Å². The van der Waals surface area contributed by atoms with E-state index in [1.54, 1.807) is 0 Å². The summed E-state index contributed by atoms with van der Waals surface area (Å²) in [6.07, 6.45) is 18.4. The van der Waals surface area contributed by atoms with Crippen molar-refractivity contribution in [3.05, 3.63) is 53.6 Å². The number of rotatable bonds is 6. The molecule has 2 aromatic carbocycles. The Morgan fingerprint density at radius 1 is 0.857 bits per heavy atom. The zero-order valence-electron chi connectivity index (χ0n) is 21.6. The molecule has 2 aromatic rings. The molecule has 1 aliphatic carbocycles. The predicted molar refractivity (Wildman–Crippen MR) is 151 cm³/mol. The van der Waals surface area contributed by atoms with Crippen LogP contribution in [0, 0.1) is 0 Å². The maximum atomic E-state index is 11.5. The van der Waals surface area contributed by atoms with E-state index in [2.05, 4.69) is 50.2 Å². The van der Waals surface area contributed by atoms with Gasteiger partial charge >= 0.3 is 37.9 Å². The van der Waals surface area contributed by atoms with Gasteiger partial charge in [-0.1, -0.05) is 114 Å². The fourth-order valence-electron chi connectivity index (χ4n) is 5.11. The van der Waals surface area contributed by atoms with E-state index >= 15 is 0 Å². The van der Waals surface area contributed by atoms with Gasteiger partial charge in [-0.25, -0.2) is 0 Å². The van der Waals surface area contributed by atoms with Crippen LogP contribution in [0.4, 0.5) is 0 Å². The molecule has 0 aromatic heterocycles. The van der Waals surface area contributed by atoms with Crippen molar-refractivity contribution in [1.29, 1.82) is 0 Å². The second-order valence-electron chi connectivity index (χ2n) is 9.61. The van der Waals surface area contributed by atoms with Crippen molar-refractivity contribution in [2.75, 3.05) is 0 Å². The number of phenols is 1. The number of hydrogen-bond acceptors (Lipinski definition) is 2. The summed E-state index contributed by atoms with van der Waals surface area (Å²) in [5.74, 6) is 0.901. The zero-order valence-corrected chi connectivity index (χ0v) is 25.6. The van der Waals surface area contributed by atoms with Gasteiger partial charge in [-0.2, -0.15) is 0 Å². The second-order valence-corrected chi connectivity index (χ2v) is 13.3. The van der Waals surface area contributed by atoms with Crippen LogP contribution < -0.4 is 0 Å². The summed E-state index contributed by atoms with van der Waals surface area (Å²) in [4.78, 5) is 4.86. The van der Waals surface area contributed by atoms with Gasteiger partial charge < -0.3 is 5.11 Å². The summed E-state index contributed by atoms with van der Waals surface area (Å²) in [6.45, 7) is 4.37. The molecule has 0 unspecified atom stereocenters. The molecule has 0 radical (unpaired) electrons. The van der Waals surface area contributed by atoms with Crippen molar-refractivity contribution >= 4 is 23.2 Å². The summed E-state index contributed by atoms with van der Waals surface area (Å²) in [7, 11) is 9.87. The topological polar surface area (TPSA) is 32.6 Å². The number of aliphatic imine (C=N–C) groups is 1. The molecule has 0 heterocycles. The average Bonchev–Trinajstić information content (AvgIpc) is 2.87. The Kier molecular flexibility index (Phi) is 16.3. The van der Waals surface area contributed by atoms with Gasteiger partial charge in [0.15, 0.2) is 0 Å². The number of phenolic OH excluding ortho intramolecular Hbond substituents is 1. The van der Waals surface area contributed by atoms with E-state index in [9.17, 15) is 5.11 Å². The second kappa shape index (κ2) is 18.6. The predicted octanol–water partition coefficient (Wildman–Crippen LogP) is 10.4. The van der Waals surface area contributed by atoms with Gasteiger partial charge in [-0.3, -0.25) is 4.99 Å². The van der Waals surface area contributed by atoms with E-state index in [0.29, 0.717) is 17.7 Å². The number of aromatic hydroxyl groups is 1. The molecular weight excluding hydrogens is 552 g/mol. The molecule has 3 rings (SSSR count). The molecule has 35 heavy (non-hydrogen) atoms. The van der Waals surface area contributed by atoms with Crippen LogP contribution in [-0.4, -0.2) is 17.4 Å². The van der Waals surface area contributed by atoms with Crippen molar-refractivity contribution in [3.8, 4) is 16.9 Å². The molecule has 5 heteroatoms. The standard InChI is InChI=1S/C30H43NO.2ClH.Zr/c1-3-26(4-2)31-23-29-27(24-17-15-12-16-18-24)21-22-28(30(29)32)25-19-13-10-8-6-5-7-9-11-14-20-25;;;/h12,15-18,21-23,25-26,32H,3-11,13-14,19-20H2,1-2H3;2*1H;/q;;;+2/p-2. The van der Waals surface area contributed by atoms with Crippen molar-refractivity contribution in [2.45, 2.75) is 109 Å². The van der Waals surface area contributed by atoms with Crippen LogP contribution in [-0.2, 0) is 20.8 Å². The van der Waals surface area contributed by atoms with Gasteiger partial charge in [0, 0.05) is 17.8 Å². The molecule has 0 amide bonds. The first-order valence-electron chi connectivity index (χ1n) is 13.6. The van der Waals surface area contributed by atoms with E-state index < -0.39 is 20.8 Å². The number of nitrogens with zero attached hydrogens (tertiary/aromatic N) is 1. The summed E-state index contributed by atoms with van der Waals surface area (Å²) in [5.41, 5.74) is 4.24. The normalized spacial score (nSPS) is 16.3. The molecule has 0 saturated heterocycles. The number of benzene rings is 2. The number of hydrogen-bond donors (Lipinski definition) is 1. The SMILES string of the molecule is CCC(CC)N=Cc1c(-c2ccccc2)ccc(C2CCCCCCCCCCC2)c1O.[Cl][Zr][Cl]. The molecule has 192 valence electrons. The Morgan fingerprint density at radius 3 is 1.89 bits per heavy atom. The Hall–Kier alpha value is -0.627. The molecular formula is C30H43Cl2NOZr. The number of halogens is 2. The van der Waals surface area contributed by atoms with E-state index in [0.717, 1.165) is 35.1 Å². The molecule has 1 N–H and O–H groups in total. The van der Waals surface area contributed by atoms with E-state index in [4.69, 9.17) is 22.0 Å². The molecule has 1 aliphatic rings. The van der Waals surface area contributed by atoms with Crippen LogP contribution in [0.2, 0.25) is 0 Å². The summed E-state index contributed by atoms with van der Waals surface area (Å²) < 4.78 is 0. The summed E-state index contributed by atoms with van der Waals surface area (Å²) in [5, 5.41) is 11.5. The van der Waals surface area contributed by atoms with Gasteiger partial charge in [0.05, 0.1) is 0 Å². The summed E-state index contributed by atoms with van der Waals surface area (Å²) in [6, 6.07) is 15.1. The van der Waals surface area contributed by atoms with Gasteiger partial charge in [0.1, 0.15) is 5.75 Å². The van der Waals surface area contributed by atoms with E-state index in [-0.39, 0.29) is 0 Å². The molecule has 0 atom stereocenters. The van der Waals surface area contributed by atoms with E-state index in [1.807, 2.05) is 12.3 Å². The van der Waals surface area contributed by atoms with Crippen LogP contribution in [0.3, 0.4) is 0 Å². The first-order valence-corrected chi connectivity index (χ1v) is 19.9. The van der Waals surface area contributed by atoms with Gasteiger partial charge in [0.2, 0.25) is 0 Å². The van der Waals surface area contributed by atoms with Gasteiger partial charge in [-0.05, 0) is 48.3 Å². The fourth-order valence-corrected chi connectivity index (χ4v) is 5.11. The Bertz CT molecular complexity index is 843. The zero-order chi connectivity index (χ0) is 25.3. The molecule has 0 aliphatic heterocycles. The Balaban J connectivity index is 0.00000137. The van der Waals surface area contributed by atoms with Gasteiger partial charge in [0.25, 0.3) is 0 Å². The van der Waals surface area contributed by atoms with Crippen molar-refractivity contribution in [3.63, 3.8) is 0 Å². The Labute approximate surface area is 232 Å². The monoisotopic (exact) mass is 593 g/mol. The summed E-state index contributed by atoms with van der Waals surface area (Å²) >= 11 is -0.826. The molecule has 0 bridgehead atoms. The Morgan fingerprint density at radius 2 is 1.37 bits per heavy atom. The van der Waals surface area contributed by atoms with Crippen molar-refractivity contribution in [1.82, 2.24) is 0 Å². The third-order valence-electron chi connectivity index (χ3n) is 7.24. The average molecular weight is 596 g/mol. The quantitative estimate of drug-likeness (QED) is 0.331. The molecule has 2 nitrogen and oxygen atoms in total. The third kappa shape index (κ3) is 10.7. The fraction of sp³-hybridized carbons (Fsp3) is 0.567. The third-order valence-corrected chi connectivity index (χ3v) is 7.24. The van der Waals surface area contributed by atoms with Gasteiger partial charge in [-0.15, -0.1) is 0 Å². The molecule has 0 spiro atoms. The van der Waals surface area contributed by atoms with Crippen LogP contribution >= 0.6 is 17.0 Å². The maximum absolute atomic E-state index is 11.5. The van der Waals surface area contributed by atoms with Crippen LogP contribution in [0.15, 0.2) is 47.5 Å². The van der Waals surface area contributed by atoms with E-state index in [1.165, 1.54) is 70.6 Å². The first-order chi connectivity index (χ1) is 17.2. The van der Waals surface area contributed by atoms with Crippen LogP contribution in [0.5, 0.6) is 5.75 Å². The minimum atomic E-state index is -0.826. The molecule has 1 fully saturated rings. The first kappa shape index (κ1) is 30.6.